The molecule has 3 heteroatoms. The summed E-state index contributed by atoms with van der Waals surface area (Å²) in [5.41, 5.74) is 2.41. The van der Waals surface area contributed by atoms with Gasteiger partial charge >= 0.3 is 0 Å². The van der Waals surface area contributed by atoms with Gasteiger partial charge in [0.05, 0.1) is 0 Å². The van der Waals surface area contributed by atoms with Crippen molar-refractivity contribution in [3.8, 4) is 0 Å². The minimum absolute atomic E-state index is 0.180. The van der Waals surface area contributed by atoms with Crippen LogP contribution in [0.5, 0.6) is 0 Å². The SMILES string of the molecule is O=C(N[C@H]1CCCN(CCc2ccccc2)C1)C1=CCCCC1. The van der Waals surface area contributed by atoms with Gasteiger partial charge in [-0.15, -0.1) is 0 Å². The number of carbonyl (C=O) groups excluding carboxylic acids is 1. The first-order chi connectivity index (χ1) is 11.3. The van der Waals surface area contributed by atoms with Gasteiger partial charge in [0.15, 0.2) is 0 Å². The molecular formula is C20H28N2O. The molecule has 0 saturated carbocycles. The van der Waals surface area contributed by atoms with Crippen molar-refractivity contribution in [3.63, 3.8) is 0 Å². The number of allylic oxidation sites excluding steroid dienone is 1. The Morgan fingerprint density at radius 1 is 1.17 bits per heavy atom. The van der Waals surface area contributed by atoms with Crippen LogP contribution in [0.25, 0.3) is 0 Å². The summed E-state index contributed by atoms with van der Waals surface area (Å²) in [6, 6.07) is 11.0. The fourth-order valence-electron chi connectivity index (χ4n) is 3.63. The molecule has 124 valence electrons. The van der Waals surface area contributed by atoms with Crippen LogP contribution in [0.4, 0.5) is 0 Å². The van der Waals surface area contributed by atoms with Crippen molar-refractivity contribution >= 4 is 5.91 Å². The Hall–Kier alpha value is -1.61. The van der Waals surface area contributed by atoms with Crippen LogP contribution in [0, 0.1) is 0 Å². The number of hydrogen-bond donors (Lipinski definition) is 1. The Labute approximate surface area is 139 Å². The molecule has 3 nitrogen and oxygen atoms in total. The maximum absolute atomic E-state index is 12.4. The molecule has 0 unspecified atom stereocenters. The Morgan fingerprint density at radius 3 is 2.83 bits per heavy atom. The third-order valence-corrected chi connectivity index (χ3v) is 4.98. The number of benzene rings is 1. The van der Waals surface area contributed by atoms with Crippen molar-refractivity contribution in [3.05, 3.63) is 47.5 Å². The van der Waals surface area contributed by atoms with Gasteiger partial charge < -0.3 is 10.2 Å². The van der Waals surface area contributed by atoms with Crippen LogP contribution in [0.2, 0.25) is 0 Å². The number of carbonyl (C=O) groups is 1. The topological polar surface area (TPSA) is 32.3 Å². The van der Waals surface area contributed by atoms with Crippen molar-refractivity contribution in [1.29, 1.82) is 0 Å². The molecule has 1 heterocycles. The van der Waals surface area contributed by atoms with Crippen LogP contribution in [-0.2, 0) is 11.2 Å². The molecule has 1 atom stereocenters. The normalized spacial score (nSPS) is 22.4. The van der Waals surface area contributed by atoms with Gasteiger partial charge in [-0.05, 0) is 57.1 Å². The van der Waals surface area contributed by atoms with Crippen LogP contribution in [-0.4, -0.2) is 36.5 Å². The van der Waals surface area contributed by atoms with Crippen molar-refractivity contribution in [2.24, 2.45) is 0 Å². The highest BCUT2D eigenvalue weighted by Crippen LogP contribution is 2.18. The van der Waals surface area contributed by atoms with Crippen LogP contribution >= 0.6 is 0 Å². The minimum atomic E-state index is 0.180. The molecule has 1 aliphatic heterocycles. The van der Waals surface area contributed by atoms with Crippen LogP contribution in [0.3, 0.4) is 0 Å². The van der Waals surface area contributed by atoms with Crippen molar-refractivity contribution in [2.75, 3.05) is 19.6 Å². The molecule has 2 aliphatic rings. The average molecular weight is 312 g/mol. The first-order valence-electron chi connectivity index (χ1n) is 9.07. The van der Waals surface area contributed by atoms with E-state index in [1.165, 1.54) is 18.4 Å². The predicted octanol–water partition coefficient (Wildman–Crippen LogP) is 3.31. The number of nitrogens with zero attached hydrogens (tertiary/aromatic N) is 1. The monoisotopic (exact) mass is 312 g/mol. The molecule has 1 aromatic rings. The van der Waals surface area contributed by atoms with E-state index in [2.05, 4.69) is 46.6 Å². The van der Waals surface area contributed by atoms with Crippen molar-refractivity contribution < 1.29 is 4.79 Å². The molecule has 1 fully saturated rings. The van der Waals surface area contributed by atoms with E-state index in [1.807, 2.05) is 0 Å². The molecule has 1 N–H and O–H groups in total. The van der Waals surface area contributed by atoms with Crippen LogP contribution in [0.1, 0.15) is 44.1 Å². The maximum Gasteiger partial charge on any atom is 0.247 e. The lowest BCUT2D eigenvalue weighted by Crippen LogP contribution is -2.48. The summed E-state index contributed by atoms with van der Waals surface area (Å²) in [7, 11) is 0. The first kappa shape index (κ1) is 16.3. The molecule has 1 amide bonds. The van der Waals surface area contributed by atoms with Gasteiger partial charge in [-0.3, -0.25) is 4.79 Å². The predicted molar refractivity (Wildman–Crippen MR) is 94.3 cm³/mol. The smallest absolute Gasteiger partial charge is 0.247 e. The van der Waals surface area contributed by atoms with E-state index in [9.17, 15) is 4.79 Å². The second-order valence-corrected chi connectivity index (χ2v) is 6.82. The molecule has 3 rings (SSSR count). The molecular weight excluding hydrogens is 284 g/mol. The van der Waals surface area contributed by atoms with Gasteiger partial charge in [-0.25, -0.2) is 0 Å². The van der Waals surface area contributed by atoms with E-state index < -0.39 is 0 Å². The molecule has 0 aromatic heterocycles. The van der Waals surface area contributed by atoms with Gasteiger partial charge in [0, 0.05) is 24.7 Å². The maximum atomic E-state index is 12.4. The van der Waals surface area contributed by atoms with Gasteiger partial charge in [-0.1, -0.05) is 36.4 Å². The summed E-state index contributed by atoms with van der Waals surface area (Å²) in [6.45, 7) is 3.23. The lowest BCUT2D eigenvalue weighted by atomic mass is 9.98. The largest absolute Gasteiger partial charge is 0.348 e. The summed E-state index contributed by atoms with van der Waals surface area (Å²) in [5, 5.41) is 3.27. The second-order valence-electron chi connectivity index (χ2n) is 6.82. The summed E-state index contributed by atoms with van der Waals surface area (Å²) in [6.07, 6.45) is 9.93. The third-order valence-electron chi connectivity index (χ3n) is 4.98. The van der Waals surface area contributed by atoms with E-state index in [0.717, 1.165) is 57.3 Å². The highest BCUT2D eigenvalue weighted by Gasteiger charge is 2.22. The van der Waals surface area contributed by atoms with E-state index in [-0.39, 0.29) is 5.91 Å². The van der Waals surface area contributed by atoms with Crippen molar-refractivity contribution in [1.82, 2.24) is 10.2 Å². The first-order valence-corrected chi connectivity index (χ1v) is 9.07. The molecule has 0 spiro atoms. The number of nitrogens with one attached hydrogen (secondary N) is 1. The average Bonchev–Trinajstić information content (AvgIpc) is 2.62. The lowest BCUT2D eigenvalue weighted by molar-refractivity contribution is -0.118. The summed E-state index contributed by atoms with van der Waals surface area (Å²) >= 11 is 0. The standard InChI is InChI=1S/C20H28N2O/c23-20(18-10-5-2-6-11-18)21-19-12-7-14-22(16-19)15-13-17-8-3-1-4-9-17/h1,3-4,8-10,19H,2,5-7,11-16H2,(H,21,23)/t19-/m0/s1. The molecule has 0 radical (unpaired) electrons. The van der Waals surface area contributed by atoms with Gasteiger partial charge in [-0.2, -0.15) is 0 Å². The van der Waals surface area contributed by atoms with Crippen molar-refractivity contribution in [2.45, 2.75) is 51.0 Å². The van der Waals surface area contributed by atoms with E-state index in [4.69, 9.17) is 0 Å². The number of amides is 1. The lowest BCUT2D eigenvalue weighted by Gasteiger charge is -2.33. The molecule has 0 bridgehead atoms. The van der Waals surface area contributed by atoms with Gasteiger partial charge in [0.1, 0.15) is 0 Å². The molecule has 23 heavy (non-hydrogen) atoms. The van der Waals surface area contributed by atoms with Gasteiger partial charge in [0.25, 0.3) is 0 Å². The van der Waals surface area contributed by atoms with Crippen LogP contribution in [0.15, 0.2) is 42.0 Å². The number of rotatable bonds is 5. The zero-order valence-electron chi connectivity index (χ0n) is 14.0. The Kier molecular flexibility index (Phi) is 5.87. The third kappa shape index (κ3) is 4.93. The molecule has 1 aliphatic carbocycles. The van der Waals surface area contributed by atoms with E-state index in [0.29, 0.717) is 6.04 Å². The molecule has 1 saturated heterocycles. The Bertz CT molecular complexity index is 538. The van der Waals surface area contributed by atoms with E-state index >= 15 is 0 Å². The van der Waals surface area contributed by atoms with Crippen LogP contribution < -0.4 is 5.32 Å². The fraction of sp³-hybridized carbons (Fsp3) is 0.550. The second kappa shape index (κ2) is 8.30. The highest BCUT2D eigenvalue weighted by molar-refractivity contribution is 5.93. The van der Waals surface area contributed by atoms with E-state index in [1.54, 1.807) is 0 Å². The Morgan fingerprint density at radius 2 is 2.04 bits per heavy atom. The quantitative estimate of drug-likeness (QED) is 0.904. The summed E-state index contributed by atoms with van der Waals surface area (Å²) in [4.78, 5) is 14.9. The van der Waals surface area contributed by atoms with Gasteiger partial charge in [0.2, 0.25) is 5.91 Å². The zero-order chi connectivity index (χ0) is 15.9. The number of likely N-dealkylation sites (tertiary alicyclic amines) is 1. The number of piperidine rings is 1. The highest BCUT2D eigenvalue weighted by atomic mass is 16.1. The Balaban J connectivity index is 1.46. The number of hydrogen-bond acceptors (Lipinski definition) is 2. The molecule has 1 aromatic carbocycles. The zero-order valence-corrected chi connectivity index (χ0v) is 14.0. The summed E-state index contributed by atoms with van der Waals surface area (Å²) < 4.78 is 0. The minimum Gasteiger partial charge on any atom is -0.348 e. The summed E-state index contributed by atoms with van der Waals surface area (Å²) in [5.74, 6) is 0.180. The fourth-order valence-corrected chi connectivity index (χ4v) is 3.63.